The van der Waals surface area contributed by atoms with Crippen LogP contribution in [-0.2, 0) is 14.8 Å². The van der Waals surface area contributed by atoms with Crippen molar-refractivity contribution in [3.05, 3.63) is 24.5 Å². The fraction of sp³-hybridized carbons (Fsp3) is 0.400. The Morgan fingerprint density at radius 1 is 1.53 bits per heavy atom. The van der Waals surface area contributed by atoms with Crippen molar-refractivity contribution in [3.8, 4) is 0 Å². The Morgan fingerprint density at radius 2 is 2.29 bits per heavy atom. The highest BCUT2D eigenvalue weighted by molar-refractivity contribution is 7.89. The molecule has 0 saturated carbocycles. The lowest BCUT2D eigenvalue weighted by atomic mass is 10.2. The summed E-state index contributed by atoms with van der Waals surface area (Å²) in [4.78, 5) is 15.1. The minimum atomic E-state index is -3.66. The van der Waals surface area contributed by atoms with Gasteiger partial charge in [0.15, 0.2) is 0 Å². The molecule has 1 aromatic heterocycles. The molecule has 0 aromatic carbocycles. The van der Waals surface area contributed by atoms with E-state index in [1.807, 2.05) is 0 Å². The molecule has 6 nitrogen and oxygen atoms in total. The van der Waals surface area contributed by atoms with Crippen LogP contribution in [0.5, 0.6) is 0 Å². The van der Waals surface area contributed by atoms with Crippen LogP contribution in [0.25, 0.3) is 0 Å². The van der Waals surface area contributed by atoms with E-state index in [1.165, 1.54) is 18.5 Å². The summed E-state index contributed by atoms with van der Waals surface area (Å²) in [5.41, 5.74) is 5.20. The van der Waals surface area contributed by atoms with Gasteiger partial charge in [0, 0.05) is 18.9 Å². The Kier molecular flexibility index (Phi) is 3.12. The predicted octanol–water partition coefficient (Wildman–Crippen LogP) is -0.280. The van der Waals surface area contributed by atoms with Crippen molar-refractivity contribution in [3.63, 3.8) is 0 Å². The van der Waals surface area contributed by atoms with E-state index in [2.05, 4.69) is 4.98 Å². The first-order valence-corrected chi connectivity index (χ1v) is 6.68. The van der Waals surface area contributed by atoms with Crippen LogP contribution in [0.1, 0.15) is 12.8 Å². The number of carbonyl (C=O) groups is 1. The summed E-state index contributed by atoms with van der Waals surface area (Å²) in [5.74, 6) is -0.602. The summed E-state index contributed by atoms with van der Waals surface area (Å²) in [6.07, 6.45) is 3.89. The monoisotopic (exact) mass is 255 g/mol. The third-order valence-electron chi connectivity index (χ3n) is 2.77. The molecule has 1 aromatic rings. The number of pyridine rings is 1. The SMILES string of the molecule is NC(=O)[C@H]1CCCN1S(=O)(=O)c1cccnc1. The third-order valence-corrected chi connectivity index (χ3v) is 4.66. The van der Waals surface area contributed by atoms with Gasteiger partial charge in [0.05, 0.1) is 0 Å². The first kappa shape index (κ1) is 12.0. The van der Waals surface area contributed by atoms with Gasteiger partial charge in [0.1, 0.15) is 10.9 Å². The molecule has 0 unspecified atom stereocenters. The molecule has 1 aliphatic heterocycles. The van der Waals surface area contributed by atoms with Crippen LogP contribution in [0.3, 0.4) is 0 Å². The number of sulfonamides is 1. The number of carbonyl (C=O) groups excluding carboxylic acids is 1. The van der Waals surface area contributed by atoms with Crippen molar-refractivity contribution in [1.82, 2.24) is 9.29 Å². The highest BCUT2D eigenvalue weighted by Gasteiger charge is 2.38. The summed E-state index contributed by atoms with van der Waals surface area (Å²) < 4.78 is 25.6. The van der Waals surface area contributed by atoms with Gasteiger partial charge in [-0.3, -0.25) is 9.78 Å². The molecule has 1 fully saturated rings. The standard InChI is InChI=1S/C10H13N3O3S/c11-10(14)9-4-2-6-13(9)17(15,16)8-3-1-5-12-7-8/h1,3,5,7,9H,2,4,6H2,(H2,11,14)/t9-/m1/s1. The molecule has 0 bridgehead atoms. The van der Waals surface area contributed by atoms with E-state index in [9.17, 15) is 13.2 Å². The summed E-state index contributed by atoms with van der Waals surface area (Å²) in [6, 6.07) is 2.27. The maximum atomic E-state index is 12.2. The number of primary amides is 1. The quantitative estimate of drug-likeness (QED) is 0.803. The van der Waals surface area contributed by atoms with E-state index >= 15 is 0 Å². The van der Waals surface area contributed by atoms with E-state index < -0.39 is 22.0 Å². The van der Waals surface area contributed by atoms with Gasteiger partial charge in [-0.15, -0.1) is 0 Å². The van der Waals surface area contributed by atoms with Crippen LogP contribution in [0.4, 0.5) is 0 Å². The highest BCUT2D eigenvalue weighted by Crippen LogP contribution is 2.25. The molecule has 1 saturated heterocycles. The molecule has 2 N–H and O–H groups in total. The Bertz CT molecular complexity index is 515. The van der Waals surface area contributed by atoms with E-state index in [1.54, 1.807) is 6.07 Å². The van der Waals surface area contributed by atoms with Crippen LogP contribution >= 0.6 is 0 Å². The smallest absolute Gasteiger partial charge is 0.245 e. The van der Waals surface area contributed by atoms with Gasteiger partial charge in [0.25, 0.3) is 0 Å². The first-order valence-electron chi connectivity index (χ1n) is 5.24. The minimum absolute atomic E-state index is 0.0909. The summed E-state index contributed by atoms with van der Waals surface area (Å²) >= 11 is 0. The zero-order valence-corrected chi connectivity index (χ0v) is 9.93. The van der Waals surface area contributed by atoms with Crippen LogP contribution in [0.15, 0.2) is 29.4 Å². The van der Waals surface area contributed by atoms with Gasteiger partial charge in [-0.25, -0.2) is 8.42 Å². The van der Waals surface area contributed by atoms with Crippen LogP contribution in [0.2, 0.25) is 0 Å². The van der Waals surface area contributed by atoms with Gasteiger partial charge in [-0.05, 0) is 25.0 Å². The Hall–Kier alpha value is -1.47. The summed E-state index contributed by atoms with van der Waals surface area (Å²) in [7, 11) is -3.66. The Labute approximate surface area is 99.5 Å². The zero-order valence-electron chi connectivity index (χ0n) is 9.11. The second kappa shape index (κ2) is 4.42. The zero-order chi connectivity index (χ0) is 12.5. The summed E-state index contributed by atoms with van der Waals surface area (Å²) in [6.45, 7) is 0.324. The van der Waals surface area contributed by atoms with E-state index in [-0.39, 0.29) is 4.90 Å². The van der Waals surface area contributed by atoms with Crippen molar-refractivity contribution in [2.45, 2.75) is 23.8 Å². The number of nitrogens with two attached hydrogens (primary N) is 1. The van der Waals surface area contributed by atoms with Gasteiger partial charge >= 0.3 is 0 Å². The third kappa shape index (κ3) is 2.16. The second-order valence-corrected chi connectivity index (χ2v) is 5.76. The second-order valence-electron chi connectivity index (χ2n) is 3.86. The van der Waals surface area contributed by atoms with Crippen LogP contribution < -0.4 is 5.73 Å². The normalized spacial score (nSPS) is 21.5. The lowest BCUT2D eigenvalue weighted by molar-refractivity contribution is -0.121. The number of amides is 1. The molecule has 1 amide bonds. The predicted molar refractivity (Wildman–Crippen MR) is 60.3 cm³/mol. The van der Waals surface area contributed by atoms with Crippen molar-refractivity contribution in [1.29, 1.82) is 0 Å². The molecule has 92 valence electrons. The molecule has 1 atom stereocenters. The fourth-order valence-electron chi connectivity index (χ4n) is 1.95. The van der Waals surface area contributed by atoms with Gasteiger partial charge in [-0.2, -0.15) is 4.31 Å². The van der Waals surface area contributed by atoms with Crippen molar-refractivity contribution >= 4 is 15.9 Å². The molecule has 2 heterocycles. The van der Waals surface area contributed by atoms with Gasteiger partial charge in [0.2, 0.25) is 15.9 Å². The van der Waals surface area contributed by atoms with E-state index in [0.717, 1.165) is 4.31 Å². The first-order chi connectivity index (χ1) is 8.03. The lowest BCUT2D eigenvalue weighted by Gasteiger charge is -2.21. The minimum Gasteiger partial charge on any atom is -0.368 e. The van der Waals surface area contributed by atoms with Crippen molar-refractivity contribution < 1.29 is 13.2 Å². The number of nitrogens with zero attached hydrogens (tertiary/aromatic N) is 2. The van der Waals surface area contributed by atoms with E-state index in [0.29, 0.717) is 19.4 Å². The Morgan fingerprint density at radius 3 is 2.88 bits per heavy atom. The molecule has 7 heteroatoms. The molecule has 0 radical (unpaired) electrons. The molecule has 2 rings (SSSR count). The maximum absolute atomic E-state index is 12.2. The Balaban J connectivity index is 2.37. The lowest BCUT2D eigenvalue weighted by Crippen LogP contribution is -2.43. The van der Waals surface area contributed by atoms with Gasteiger partial charge < -0.3 is 5.73 Å². The van der Waals surface area contributed by atoms with Crippen LogP contribution in [-0.4, -0.2) is 36.2 Å². The number of hydrogen-bond donors (Lipinski definition) is 1. The molecule has 0 spiro atoms. The van der Waals surface area contributed by atoms with Crippen molar-refractivity contribution in [2.24, 2.45) is 5.73 Å². The highest BCUT2D eigenvalue weighted by atomic mass is 32.2. The fourth-order valence-corrected chi connectivity index (χ4v) is 3.58. The number of aromatic nitrogens is 1. The molecule has 17 heavy (non-hydrogen) atoms. The number of hydrogen-bond acceptors (Lipinski definition) is 4. The van der Waals surface area contributed by atoms with Gasteiger partial charge in [-0.1, -0.05) is 0 Å². The van der Waals surface area contributed by atoms with E-state index in [4.69, 9.17) is 5.73 Å². The number of rotatable bonds is 3. The average molecular weight is 255 g/mol. The molecule has 1 aliphatic rings. The average Bonchev–Trinajstić information content (AvgIpc) is 2.80. The molecular formula is C10H13N3O3S. The topological polar surface area (TPSA) is 93.4 Å². The van der Waals surface area contributed by atoms with Crippen LogP contribution in [0, 0.1) is 0 Å². The molecule has 0 aliphatic carbocycles. The largest absolute Gasteiger partial charge is 0.368 e. The van der Waals surface area contributed by atoms with Crippen molar-refractivity contribution in [2.75, 3.05) is 6.54 Å². The summed E-state index contributed by atoms with van der Waals surface area (Å²) in [5, 5.41) is 0. The molecular weight excluding hydrogens is 242 g/mol. The maximum Gasteiger partial charge on any atom is 0.245 e.